The van der Waals surface area contributed by atoms with Gasteiger partial charge in [0.25, 0.3) is 17.7 Å². The summed E-state index contributed by atoms with van der Waals surface area (Å²) >= 11 is 12.3. The van der Waals surface area contributed by atoms with Crippen molar-refractivity contribution < 1.29 is 14.4 Å². The van der Waals surface area contributed by atoms with Gasteiger partial charge >= 0.3 is 0 Å². The quantitative estimate of drug-likeness (QED) is 0.477. The van der Waals surface area contributed by atoms with E-state index in [1.807, 2.05) is 37.3 Å². The van der Waals surface area contributed by atoms with Gasteiger partial charge in [0.05, 0.1) is 10.7 Å². The van der Waals surface area contributed by atoms with Gasteiger partial charge in [0, 0.05) is 23.5 Å². The van der Waals surface area contributed by atoms with Crippen LogP contribution >= 0.6 is 23.2 Å². The minimum atomic E-state index is -0.662. The Hall–Kier alpha value is -3.61. The maximum atomic E-state index is 13.0. The number of hydrogen-bond donors (Lipinski definition) is 1. The normalized spacial score (nSPS) is 13.5. The van der Waals surface area contributed by atoms with E-state index in [1.165, 1.54) is 0 Å². The molecule has 0 spiro atoms. The van der Waals surface area contributed by atoms with Crippen molar-refractivity contribution in [3.8, 4) is 0 Å². The summed E-state index contributed by atoms with van der Waals surface area (Å²) < 4.78 is 0. The van der Waals surface area contributed by atoms with E-state index in [2.05, 4.69) is 5.32 Å². The topological polar surface area (TPSA) is 69.7 Å². The average molecular weight is 480 g/mol. The third-order valence-corrected chi connectivity index (χ3v) is 5.82. The fraction of sp³-hybridized carbons (Fsp3) is 0.0800. The molecule has 0 aromatic heterocycles. The summed E-state index contributed by atoms with van der Waals surface area (Å²) in [5.41, 5.74) is 1.99. The first-order valence-corrected chi connectivity index (χ1v) is 10.9. The fourth-order valence-corrected chi connectivity index (χ4v) is 3.94. The number of carbonyl (C=O) groups excluding carboxylic acids is 3. The summed E-state index contributed by atoms with van der Waals surface area (Å²) in [6, 6.07) is 22.5. The molecule has 0 atom stereocenters. The molecule has 3 aromatic rings. The molecule has 0 aliphatic carbocycles. The van der Waals surface area contributed by atoms with Gasteiger partial charge in [0.1, 0.15) is 10.7 Å². The Morgan fingerprint density at radius 1 is 0.879 bits per heavy atom. The zero-order valence-electron chi connectivity index (χ0n) is 17.6. The monoisotopic (exact) mass is 479 g/mol. The molecular weight excluding hydrogens is 461 g/mol. The summed E-state index contributed by atoms with van der Waals surface area (Å²) in [5.74, 6) is -1.42. The van der Waals surface area contributed by atoms with E-state index in [9.17, 15) is 14.4 Å². The van der Waals surface area contributed by atoms with Crippen molar-refractivity contribution in [1.82, 2.24) is 0 Å². The van der Waals surface area contributed by atoms with E-state index in [1.54, 1.807) is 53.4 Å². The second-order valence-corrected chi connectivity index (χ2v) is 7.96. The third-order valence-electron chi connectivity index (χ3n) is 5.15. The molecule has 3 amide bonds. The van der Waals surface area contributed by atoms with Crippen molar-refractivity contribution in [3.05, 3.63) is 100 Å². The highest BCUT2D eigenvalue weighted by atomic mass is 35.5. The molecule has 0 radical (unpaired) electrons. The van der Waals surface area contributed by atoms with Crippen LogP contribution in [-0.4, -0.2) is 24.3 Å². The maximum Gasteiger partial charge on any atom is 0.283 e. The Morgan fingerprint density at radius 2 is 1.52 bits per heavy atom. The van der Waals surface area contributed by atoms with Gasteiger partial charge in [0.15, 0.2) is 0 Å². The molecule has 0 unspecified atom stereocenters. The zero-order chi connectivity index (χ0) is 23.5. The van der Waals surface area contributed by atoms with Crippen LogP contribution in [0.15, 0.2) is 89.6 Å². The number of para-hydroxylation sites is 2. The Bertz CT molecular complexity index is 1260. The Kier molecular flexibility index (Phi) is 6.49. The first kappa shape index (κ1) is 22.6. The first-order valence-electron chi connectivity index (χ1n) is 10.2. The predicted molar refractivity (Wildman–Crippen MR) is 131 cm³/mol. The Balaban J connectivity index is 1.53. The summed E-state index contributed by atoms with van der Waals surface area (Å²) in [4.78, 5) is 41.1. The molecule has 0 fully saturated rings. The van der Waals surface area contributed by atoms with Crippen LogP contribution in [0.25, 0.3) is 0 Å². The Morgan fingerprint density at radius 3 is 2.15 bits per heavy atom. The van der Waals surface area contributed by atoms with Crippen molar-refractivity contribution in [2.24, 2.45) is 0 Å². The van der Waals surface area contributed by atoms with Crippen LogP contribution in [0.1, 0.15) is 17.3 Å². The number of benzene rings is 3. The molecule has 166 valence electrons. The number of rotatable bonds is 6. The van der Waals surface area contributed by atoms with Crippen LogP contribution in [0.2, 0.25) is 5.02 Å². The summed E-state index contributed by atoms with van der Waals surface area (Å²) in [5, 5.41) is 2.92. The van der Waals surface area contributed by atoms with E-state index in [0.717, 1.165) is 10.6 Å². The molecule has 0 saturated carbocycles. The van der Waals surface area contributed by atoms with Gasteiger partial charge in [0.2, 0.25) is 0 Å². The number of nitrogens with zero attached hydrogens (tertiary/aromatic N) is 2. The van der Waals surface area contributed by atoms with Crippen LogP contribution in [0.5, 0.6) is 0 Å². The number of anilines is 3. The number of nitrogens with one attached hydrogen (secondary N) is 1. The van der Waals surface area contributed by atoms with E-state index < -0.39 is 11.8 Å². The number of carbonyl (C=O) groups is 3. The molecule has 1 aliphatic heterocycles. The molecule has 1 heterocycles. The van der Waals surface area contributed by atoms with Crippen molar-refractivity contribution in [2.75, 3.05) is 21.7 Å². The first-order chi connectivity index (χ1) is 15.9. The van der Waals surface area contributed by atoms with E-state index in [0.29, 0.717) is 17.8 Å². The lowest BCUT2D eigenvalue weighted by molar-refractivity contribution is -0.120. The molecule has 0 saturated heterocycles. The van der Waals surface area contributed by atoms with Crippen molar-refractivity contribution in [1.29, 1.82) is 0 Å². The van der Waals surface area contributed by atoms with Gasteiger partial charge in [-0.15, -0.1) is 0 Å². The SMILES string of the molecule is CCN(C(=O)c1ccc(NC2=C(Cl)C(=O)N(c3ccccc3Cl)C2=O)cc1)c1ccccc1. The number of halogens is 2. The van der Waals surface area contributed by atoms with Crippen LogP contribution < -0.4 is 15.1 Å². The number of imide groups is 1. The molecule has 4 rings (SSSR count). The van der Waals surface area contributed by atoms with Gasteiger partial charge in [-0.3, -0.25) is 14.4 Å². The van der Waals surface area contributed by atoms with Crippen LogP contribution in [0.3, 0.4) is 0 Å². The van der Waals surface area contributed by atoms with Crippen LogP contribution in [0.4, 0.5) is 17.1 Å². The van der Waals surface area contributed by atoms with Crippen molar-refractivity contribution in [2.45, 2.75) is 6.92 Å². The van der Waals surface area contributed by atoms with E-state index in [-0.39, 0.29) is 27.3 Å². The molecule has 1 aliphatic rings. The largest absolute Gasteiger partial charge is 0.350 e. The fourth-order valence-electron chi connectivity index (χ4n) is 3.51. The highest BCUT2D eigenvalue weighted by Gasteiger charge is 2.39. The lowest BCUT2D eigenvalue weighted by atomic mass is 10.1. The molecule has 8 heteroatoms. The van der Waals surface area contributed by atoms with Gasteiger partial charge < -0.3 is 10.2 Å². The molecule has 1 N–H and O–H groups in total. The highest BCUT2D eigenvalue weighted by Crippen LogP contribution is 2.34. The third kappa shape index (κ3) is 4.35. The summed E-state index contributed by atoms with van der Waals surface area (Å²) in [6.07, 6.45) is 0. The van der Waals surface area contributed by atoms with Gasteiger partial charge in [-0.05, 0) is 55.5 Å². The molecule has 6 nitrogen and oxygen atoms in total. The number of hydrogen-bond acceptors (Lipinski definition) is 4. The second kappa shape index (κ2) is 9.48. The second-order valence-electron chi connectivity index (χ2n) is 7.17. The Labute approximate surface area is 201 Å². The highest BCUT2D eigenvalue weighted by molar-refractivity contribution is 6.53. The standard InChI is InChI=1S/C25H19Cl2N3O3/c1-2-29(18-8-4-3-5-9-18)23(31)16-12-14-17(15-13-16)28-22-21(27)24(32)30(25(22)33)20-11-7-6-10-19(20)26/h3-15,28H,2H2,1H3. The van der Waals surface area contributed by atoms with Crippen molar-refractivity contribution >= 4 is 58.0 Å². The number of amides is 3. The molecule has 0 bridgehead atoms. The summed E-state index contributed by atoms with van der Waals surface area (Å²) in [7, 11) is 0. The van der Waals surface area contributed by atoms with E-state index >= 15 is 0 Å². The summed E-state index contributed by atoms with van der Waals surface area (Å²) in [6.45, 7) is 2.42. The zero-order valence-corrected chi connectivity index (χ0v) is 19.1. The maximum absolute atomic E-state index is 13.0. The van der Waals surface area contributed by atoms with Crippen LogP contribution in [-0.2, 0) is 9.59 Å². The van der Waals surface area contributed by atoms with E-state index in [4.69, 9.17) is 23.2 Å². The lowest BCUT2D eigenvalue weighted by Crippen LogP contribution is -2.32. The minimum absolute atomic E-state index is 0.0554. The smallest absolute Gasteiger partial charge is 0.283 e. The molecular formula is C25H19Cl2N3O3. The average Bonchev–Trinajstić information content (AvgIpc) is 3.04. The van der Waals surface area contributed by atoms with Gasteiger partial charge in [-0.2, -0.15) is 0 Å². The molecule has 33 heavy (non-hydrogen) atoms. The lowest BCUT2D eigenvalue weighted by Gasteiger charge is -2.21. The van der Waals surface area contributed by atoms with Crippen LogP contribution in [0, 0.1) is 0 Å². The van der Waals surface area contributed by atoms with Crippen molar-refractivity contribution in [3.63, 3.8) is 0 Å². The minimum Gasteiger partial charge on any atom is -0.350 e. The van der Waals surface area contributed by atoms with Gasteiger partial charge in [-0.1, -0.05) is 53.5 Å². The van der Waals surface area contributed by atoms with Gasteiger partial charge in [-0.25, -0.2) is 4.90 Å². The molecule has 3 aromatic carbocycles. The predicted octanol–water partition coefficient (Wildman–Crippen LogP) is 5.44.